The molecule has 3 N–H and O–H groups in total. The van der Waals surface area contributed by atoms with Crippen molar-refractivity contribution >= 4 is 33.5 Å². The van der Waals surface area contributed by atoms with Crippen molar-refractivity contribution < 1.29 is 9.18 Å². The third-order valence-electron chi connectivity index (χ3n) is 6.34. The van der Waals surface area contributed by atoms with Gasteiger partial charge in [0.2, 0.25) is 5.91 Å². The molecule has 0 saturated carbocycles. The number of halogens is 1. The van der Waals surface area contributed by atoms with Gasteiger partial charge in [-0.05, 0) is 47.5 Å². The van der Waals surface area contributed by atoms with Crippen molar-refractivity contribution in [3.8, 4) is 33.8 Å². The average molecular weight is 506 g/mol. The molecule has 6 aromatic rings. The molecule has 1 aromatic carbocycles. The lowest BCUT2D eigenvalue weighted by molar-refractivity contribution is -0.123. The Hall–Kier alpha value is -4.92. The highest BCUT2D eigenvalue weighted by Gasteiger charge is 2.21. The third kappa shape index (κ3) is 4.28. The van der Waals surface area contributed by atoms with Gasteiger partial charge in [-0.15, -0.1) is 0 Å². The number of H-pyrrole nitrogens is 2. The lowest BCUT2D eigenvalue weighted by Gasteiger charge is -2.17. The first-order valence-corrected chi connectivity index (χ1v) is 12.1. The molecule has 5 heterocycles. The van der Waals surface area contributed by atoms with Gasteiger partial charge in [0.25, 0.3) is 0 Å². The Morgan fingerprint density at radius 3 is 2.63 bits per heavy atom. The van der Waals surface area contributed by atoms with Crippen LogP contribution in [0.3, 0.4) is 0 Å². The lowest BCUT2D eigenvalue weighted by Crippen LogP contribution is -2.27. The largest absolute Gasteiger partial charge is 0.338 e. The summed E-state index contributed by atoms with van der Waals surface area (Å²) in [6, 6.07) is 14.1. The Morgan fingerprint density at radius 2 is 1.82 bits per heavy atom. The molecule has 0 atom stereocenters. The monoisotopic (exact) mass is 505 g/mol. The summed E-state index contributed by atoms with van der Waals surface area (Å²) in [6.07, 6.45) is 6.74. The van der Waals surface area contributed by atoms with Crippen LogP contribution in [0.5, 0.6) is 0 Å². The number of carbonyl (C=O) groups excluding carboxylic acids is 1. The van der Waals surface area contributed by atoms with Crippen molar-refractivity contribution in [2.45, 2.75) is 20.8 Å². The summed E-state index contributed by atoms with van der Waals surface area (Å²) >= 11 is 0. The summed E-state index contributed by atoms with van der Waals surface area (Å²) in [4.78, 5) is 29.1. The topological polar surface area (TPSA) is 112 Å². The maximum atomic E-state index is 13.9. The Kier molecular flexibility index (Phi) is 5.48. The van der Waals surface area contributed by atoms with Gasteiger partial charge >= 0.3 is 0 Å². The summed E-state index contributed by atoms with van der Waals surface area (Å²) in [6.45, 7) is 5.57. The molecule has 0 aliphatic carbocycles. The number of aromatic nitrogens is 6. The molecule has 1 amide bonds. The second-order valence-electron chi connectivity index (χ2n) is 10.2. The number of nitrogens with one attached hydrogen (secondary N) is 3. The predicted octanol–water partition coefficient (Wildman–Crippen LogP) is 6.35. The second-order valence-corrected chi connectivity index (χ2v) is 10.2. The first-order valence-electron chi connectivity index (χ1n) is 12.1. The van der Waals surface area contributed by atoms with E-state index in [9.17, 15) is 9.18 Å². The van der Waals surface area contributed by atoms with Crippen LogP contribution in [0.4, 0.5) is 10.1 Å². The summed E-state index contributed by atoms with van der Waals surface area (Å²) in [5.41, 5.74) is 6.09. The van der Waals surface area contributed by atoms with Crippen molar-refractivity contribution in [1.29, 1.82) is 0 Å². The van der Waals surface area contributed by atoms with Crippen LogP contribution < -0.4 is 5.32 Å². The van der Waals surface area contributed by atoms with Crippen LogP contribution in [-0.2, 0) is 4.79 Å². The van der Waals surface area contributed by atoms with Gasteiger partial charge in [-0.2, -0.15) is 5.10 Å². The van der Waals surface area contributed by atoms with Crippen molar-refractivity contribution in [2.75, 3.05) is 5.32 Å². The van der Waals surface area contributed by atoms with Crippen LogP contribution in [0, 0.1) is 11.2 Å². The quantitative estimate of drug-likeness (QED) is 0.258. The van der Waals surface area contributed by atoms with Gasteiger partial charge < -0.3 is 10.3 Å². The Morgan fingerprint density at radius 1 is 0.947 bits per heavy atom. The number of fused-ring (bicyclic) bond motifs is 2. The number of rotatable bonds is 4. The number of hydrogen-bond donors (Lipinski definition) is 3. The highest BCUT2D eigenvalue weighted by Crippen LogP contribution is 2.34. The summed E-state index contributed by atoms with van der Waals surface area (Å²) < 4.78 is 13.9. The second kappa shape index (κ2) is 8.88. The molecule has 0 fully saturated rings. The SMILES string of the molecule is CC(C)(C)C(=O)Nc1cncc(-c2cc3c(-c4cc5c(-c6cccc(F)c6)ccnc5[nH]4)n[nH]c3cn2)c1. The highest BCUT2D eigenvalue weighted by atomic mass is 19.1. The maximum Gasteiger partial charge on any atom is 0.229 e. The first-order chi connectivity index (χ1) is 18.3. The molecule has 188 valence electrons. The van der Waals surface area contributed by atoms with Crippen molar-refractivity contribution in [3.63, 3.8) is 0 Å². The van der Waals surface area contributed by atoms with E-state index in [1.165, 1.54) is 12.1 Å². The van der Waals surface area contributed by atoms with Gasteiger partial charge in [0.15, 0.2) is 0 Å². The van der Waals surface area contributed by atoms with Crippen molar-refractivity contribution in [3.05, 3.63) is 79.1 Å². The molecule has 0 aliphatic heterocycles. The van der Waals surface area contributed by atoms with E-state index in [0.29, 0.717) is 22.7 Å². The van der Waals surface area contributed by atoms with E-state index in [0.717, 1.165) is 38.7 Å². The van der Waals surface area contributed by atoms with Crippen LogP contribution in [0.1, 0.15) is 20.8 Å². The Balaban J connectivity index is 1.40. The van der Waals surface area contributed by atoms with Crippen LogP contribution in [0.2, 0.25) is 0 Å². The van der Waals surface area contributed by atoms with Crippen LogP contribution >= 0.6 is 0 Å². The maximum absolute atomic E-state index is 13.9. The van der Waals surface area contributed by atoms with E-state index in [1.54, 1.807) is 30.9 Å². The summed E-state index contributed by atoms with van der Waals surface area (Å²) in [5.74, 6) is -0.389. The van der Waals surface area contributed by atoms with Gasteiger partial charge in [0.05, 0.1) is 35.0 Å². The number of benzene rings is 1. The molecule has 0 bridgehead atoms. The van der Waals surface area contributed by atoms with Gasteiger partial charge in [0, 0.05) is 34.1 Å². The molecule has 0 aliphatic rings. The number of aromatic amines is 2. The summed E-state index contributed by atoms with van der Waals surface area (Å²) in [7, 11) is 0. The molecular weight excluding hydrogens is 481 g/mol. The number of nitrogens with zero attached hydrogens (tertiary/aromatic N) is 4. The van der Waals surface area contributed by atoms with E-state index >= 15 is 0 Å². The fourth-order valence-electron chi connectivity index (χ4n) is 4.31. The lowest BCUT2D eigenvalue weighted by atomic mass is 9.95. The zero-order valence-electron chi connectivity index (χ0n) is 21.0. The number of anilines is 1. The number of hydrogen-bond acceptors (Lipinski definition) is 5. The molecule has 0 unspecified atom stereocenters. The molecular formula is C29H24FN7O. The van der Waals surface area contributed by atoms with Crippen LogP contribution in [-0.4, -0.2) is 36.0 Å². The zero-order valence-corrected chi connectivity index (χ0v) is 21.0. The van der Waals surface area contributed by atoms with E-state index in [-0.39, 0.29) is 11.7 Å². The molecule has 38 heavy (non-hydrogen) atoms. The first kappa shape index (κ1) is 23.5. The van der Waals surface area contributed by atoms with E-state index in [1.807, 2.05) is 51.1 Å². The van der Waals surface area contributed by atoms with E-state index in [2.05, 4.69) is 35.5 Å². The van der Waals surface area contributed by atoms with Gasteiger partial charge in [-0.25, -0.2) is 9.37 Å². The third-order valence-corrected chi connectivity index (χ3v) is 6.34. The average Bonchev–Trinajstić information content (AvgIpc) is 3.52. The molecule has 6 rings (SSSR count). The van der Waals surface area contributed by atoms with Crippen LogP contribution in [0.25, 0.3) is 55.7 Å². The Labute approximate surface area is 217 Å². The van der Waals surface area contributed by atoms with Crippen LogP contribution in [0.15, 0.2) is 73.3 Å². The highest BCUT2D eigenvalue weighted by molar-refractivity contribution is 6.00. The molecule has 8 nitrogen and oxygen atoms in total. The molecule has 9 heteroatoms. The van der Waals surface area contributed by atoms with Gasteiger partial charge in [0.1, 0.15) is 17.2 Å². The fraction of sp³-hybridized carbons (Fsp3) is 0.138. The zero-order chi connectivity index (χ0) is 26.4. The number of pyridine rings is 3. The van der Waals surface area contributed by atoms with Crippen molar-refractivity contribution in [2.24, 2.45) is 5.41 Å². The fourth-order valence-corrected chi connectivity index (χ4v) is 4.31. The number of amides is 1. The molecule has 5 aromatic heterocycles. The predicted molar refractivity (Wildman–Crippen MR) is 146 cm³/mol. The standard InChI is InChI=1S/C29H24FN7O/c1-29(2,3)28(38)34-19-10-17(13-31-14-19)23-12-22-25(15-33-23)36-37-26(22)24-11-21-20(7-8-32-27(21)35-24)16-5-4-6-18(30)9-16/h4-15H,1-3H3,(H,32,35)(H,34,38)(H,36,37). The van der Waals surface area contributed by atoms with E-state index in [4.69, 9.17) is 0 Å². The van der Waals surface area contributed by atoms with Crippen molar-refractivity contribution in [1.82, 2.24) is 30.1 Å². The minimum Gasteiger partial charge on any atom is -0.338 e. The minimum absolute atomic E-state index is 0.0954. The molecule has 0 radical (unpaired) electrons. The van der Waals surface area contributed by atoms with Gasteiger partial charge in [-0.1, -0.05) is 32.9 Å². The smallest absolute Gasteiger partial charge is 0.229 e. The normalized spacial score (nSPS) is 11.8. The molecule has 0 spiro atoms. The minimum atomic E-state index is -0.526. The van der Waals surface area contributed by atoms with Gasteiger partial charge in [-0.3, -0.25) is 19.9 Å². The molecule has 0 saturated heterocycles. The van der Waals surface area contributed by atoms with E-state index < -0.39 is 5.41 Å². The number of carbonyl (C=O) groups is 1. The Bertz CT molecular complexity index is 1830. The summed E-state index contributed by atoms with van der Waals surface area (Å²) in [5, 5.41) is 12.2.